The molecule has 2 saturated carbocycles. The zero-order chi connectivity index (χ0) is 17.5. The van der Waals surface area contributed by atoms with E-state index in [1.165, 1.54) is 38.5 Å². The Morgan fingerprint density at radius 1 is 1.20 bits per heavy atom. The van der Waals surface area contributed by atoms with Crippen LogP contribution in [-0.2, 0) is 4.79 Å². The van der Waals surface area contributed by atoms with Crippen LogP contribution in [0.3, 0.4) is 0 Å². The van der Waals surface area contributed by atoms with Crippen LogP contribution in [0, 0.1) is 17.8 Å². The number of benzene rings is 1. The molecule has 0 radical (unpaired) electrons. The lowest BCUT2D eigenvalue weighted by Gasteiger charge is -2.08. The van der Waals surface area contributed by atoms with Crippen molar-refractivity contribution in [2.75, 3.05) is 6.61 Å². The summed E-state index contributed by atoms with van der Waals surface area (Å²) < 4.78 is 5.80. The molecule has 4 nitrogen and oxygen atoms in total. The van der Waals surface area contributed by atoms with E-state index in [9.17, 15) is 4.79 Å². The summed E-state index contributed by atoms with van der Waals surface area (Å²) in [7, 11) is 0. The van der Waals surface area contributed by atoms with Gasteiger partial charge in [0.2, 0.25) is 5.91 Å². The monoisotopic (exact) mass is 342 g/mol. The van der Waals surface area contributed by atoms with Crippen molar-refractivity contribution in [1.82, 2.24) is 5.43 Å². The number of nitrogens with one attached hydrogen (secondary N) is 1. The summed E-state index contributed by atoms with van der Waals surface area (Å²) in [6.07, 6.45) is 11.5. The first-order valence-electron chi connectivity index (χ1n) is 9.86. The number of hydrogen-bond acceptors (Lipinski definition) is 3. The lowest BCUT2D eigenvalue weighted by atomic mass is 10.0. The number of hydrazone groups is 1. The van der Waals surface area contributed by atoms with E-state index in [1.54, 1.807) is 6.21 Å². The maximum atomic E-state index is 12.4. The summed E-state index contributed by atoms with van der Waals surface area (Å²) in [5, 5.41) is 4.19. The Hall–Kier alpha value is -1.84. The summed E-state index contributed by atoms with van der Waals surface area (Å²) in [4.78, 5) is 12.4. The molecule has 0 unspecified atom stereocenters. The van der Waals surface area contributed by atoms with Gasteiger partial charge in [0.25, 0.3) is 0 Å². The van der Waals surface area contributed by atoms with Gasteiger partial charge in [-0.25, -0.2) is 5.43 Å². The number of para-hydroxylation sites is 1. The molecule has 0 heterocycles. The molecule has 0 aliphatic heterocycles. The summed E-state index contributed by atoms with van der Waals surface area (Å²) in [6, 6.07) is 7.82. The molecule has 2 aliphatic rings. The van der Waals surface area contributed by atoms with Gasteiger partial charge in [-0.2, -0.15) is 5.10 Å². The van der Waals surface area contributed by atoms with E-state index in [-0.39, 0.29) is 11.8 Å². The quantitative estimate of drug-likeness (QED) is 0.449. The van der Waals surface area contributed by atoms with Crippen LogP contribution in [0.5, 0.6) is 5.75 Å². The first kappa shape index (κ1) is 18.0. The molecular formula is C21H30N2O2. The zero-order valence-corrected chi connectivity index (χ0v) is 15.2. The summed E-state index contributed by atoms with van der Waals surface area (Å²) in [6.45, 7) is 2.85. The topological polar surface area (TPSA) is 50.7 Å². The molecule has 0 spiro atoms. The van der Waals surface area contributed by atoms with Gasteiger partial charge in [-0.1, -0.05) is 51.2 Å². The average molecular weight is 342 g/mol. The van der Waals surface area contributed by atoms with Crippen LogP contribution >= 0.6 is 0 Å². The third kappa shape index (κ3) is 4.83. The molecule has 1 amide bonds. The average Bonchev–Trinajstić information content (AvgIpc) is 3.27. The Bertz CT molecular complexity index is 585. The van der Waals surface area contributed by atoms with Gasteiger partial charge in [-0.05, 0) is 43.2 Å². The highest BCUT2D eigenvalue weighted by atomic mass is 16.5. The van der Waals surface area contributed by atoms with E-state index in [0.29, 0.717) is 18.4 Å². The van der Waals surface area contributed by atoms with E-state index in [4.69, 9.17) is 4.74 Å². The largest absolute Gasteiger partial charge is 0.493 e. The Kier molecular flexibility index (Phi) is 6.48. The van der Waals surface area contributed by atoms with Gasteiger partial charge < -0.3 is 4.74 Å². The van der Waals surface area contributed by atoms with Gasteiger partial charge in [-0.3, -0.25) is 4.79 Å². The Morgan fingerprint density at radius 2 is 1.92 bits per heavy atom. The van der Waals surface area contributed by atoms with Crippen LogP contribution in [-0.4, -0.2) is 18.7 Å². The third-order valence-electron chi connectivity index (χ3n) is 5.51. The molecule has 0 aromatic heterocycles. The Labute approximate surface area is 151 Å². The highest BCUT2D eigenvalue weighted by Crippen LogP contribution is 2.53. The lowest BCUT2D eigenvalue weighted by molar-refractivity contribution is -0.122. The molecule has 1 aromatic carbocycles. The lowest BCUT2D eigenvalue weighted by Crippen LogP contribution is -2.21. The first-order chi connectivity index (χ1) is 12.3. The second-order valence-electron chi connectivity index (χ2n) is 7.32. The Morgan fingerprint density at radius 3 is 2.64 bits per heavy atom. The van der Waals surface area contributed by atoms with Crippen LogP contribution < -0.4 is 10.2 Å². The molecule has 1 N–H and O–H groups in total. The predicted octanol–water partition coefficient (Wildman–Crippen LogP) is 4.53. The van der Waals surface area contributed by atoms with Crippen molar-refractivity contribution < 1.29 is 9.53 Å². The molecule has 136 valence electrons. The number of ether oxygens (including phenoxy) is 1. The van der Waals surface area contributed by atoms with E-state index >= 15 is 0 Å². The van der Waals surface area contributed by atoms with Gasteiger partial charge in [0.05, 0.1) is 12.8 Å². The maximum absolute atomic E-state index is 12.4. The number of rotatable bonds is 7. The first-order valence-corrected chi connectivity index (χ1v) is 9.86. The number of amides is 1. The van der Waals surface area contributed by atoms with E-state index in [2.05, 4.69) is 17.5 Å². The summed E-state index contributed by atoms with van der Waals surface area (Å²) in [5.41, 5.74) is 3.66. The van der Waals surface area contributed by atoms with E-state index in [0.717, 1.165) is 24.2 Å². The van der Waals surface area contributed by atoms with Crippen molar-refractivity contribution in [3.8, 4) is 5.75 Å². The fraction of sp³-hybridized carbons (Fsp3) is 0.619. The van der Waals surface area contributed by atoms with Crippen LogP contribution in [0.15, 0.2) is 29.4 Å². The van der Waals surface area contributed by atoms with Gasteiger partial charge >= 0.3 is 0 Å². The van der Waals surface area contributed by atoms with Crippen molar-refractivity contribution in [3.63, 3.8) is 0 Å². The summed E-state index contributed by atoms with van der Waals surface area (Å²) in [5.74, 6) is 2.30. The summed E-state index contributed by atoms with van der Waals surface area (Å²) >= 11 is 0. The van der Waals surface area contributed by atoms with Gasteiger partial charge in [0.1, 0.15) is 5.75 Å². The van der Waals surface area contributed by atoms with E-state index < -0.39 is 0 Å². The molecule has 25 heavy (non-hydrogen) atoms. The third-order valence-corrected chi connectivity index (χ3v) is 5.51. The number of fused-ring (bicyclic) bond motifs is 1. The standard InChI is InChI=1S/C21H30N2O2/c1-2-3-14-25-19-13-9-8-10-16(19)15-22-23-21(24)20-17-11-6-4-5-7-12-18(17)20/h8-10,13,15,17-18,20H,2-7,11-12,14H2,1H3,(H,23,24)/t17-,18-/m1/s1. The van der Waals surface area contributed by atoms with Crippen LogP contribution in [0.2, 0.25) is 0 Å². The minimum Gasteiger partial charge on any atom is -0.493 e. The molecule has 2 fully saturated rings. The highest BCUT2D eigenvalue weighted by molar-refractivity contribution is 5.86. The molecule has 2 atom stereocenters. The molecule has 3 rings (SSSR count). The van der Waals surface area contributed by atoms with Crippen molar-refractivity contribution >= 4 is 12.1 Å². The van der Waals surface area contributed by atoms with Crippen LogP contribution in [0.1, 0.15) is 63.9 Å². The minimum absolute atomic E-state index is 0.0949. The SMILES string of the molecule is CCCCOc1ccccc1C=NNC(=O)C1[C@@H]2CCCCCC[C@@H]12. The normalized spacial score (nSPS) is 25.7. The number of hydrogen-bond donors (Lipinski definition) is 1. The Balaban J connectivity index is 1.52. The molecule has 0 saturated heterocycles. The number of unbranched alkanes of at least 4 members (excludes halogenated alkanes) is 1. The molecule has 0 bridgehead atoms. The van der Waals surface area contributed by atoms with Crippen molar-refractivity contribution in [2.24, 2.45) is 22.9 Å². The maximum Gasteiger partial charge on any atom is 0.243 e. The van der Waals surface area contributed by atoms with Crippen molar-refractivity contribution in [1.29, 1.82) is 0 Å². The predicted molar refractivity (Wildman–Crippen MR) is 101 cm³/mol. The van der Waals surface area contributed by atoms with E-state index in [1.807, 2.05) is 24.3 Å². The van der Waals surface area contributed by atoms with Gasteiger partial charge in [0.15, 0.2) is 0 Å². The molecule has 2 aliphatic carbocycles. The highest BCUT2D eigenvalue weighted by Gasteiger charge is 2.53. The molecule has 4 heteroatoms. The van der Waals surface area contributed by atoms with Crippen LogP contribution in [0.25, 0.3) is 0 Å². The number of carbonyl (C=O) groups is 1. The minimum atomic E-state index is 0.0949. The molecule has 1 aromatic rings. The van der Waals surface area contributed by atoms with Crippen LogP contribution in [0.4, 0.5) is 0 Å². The van der Waals surface area contributed by atoms with Gasteiger partial charge in [0, 0.05) is 11.5 Å². The van der Waals surface area contributed by atoms with Crippen molar-refractivity contribution in [2.45, 2.75) is 58.3 Å². The second kappa shape index (κ2) is 9.02. The molecular weight excluding hydrogens is 312 g/mol. The zero-order valence-electron chi connectivity index (χ0n) is 15.2. The smallest absolute Gasteiger partial charge is 0.243 e. The second-order valence-corrected chi connectivity index (χ2v) is 7.32. The fourth-order valence-corrected chi connectivity index (χ4v) is 4.02. The fourth-order valence-electron chi connectivity index (χ4n) is 4.02. The van der Waals surface area contributed by atoms with Crippen molar-refractivity contribution in [3.05, 3.63) is 29.8 Å². The number of nitrogens with zero attached hydrogens (tertiary/aromatic N) is 1. The van der Waals surface area contributed by atoms with Gasteiger partial charge in [-0.15, -0.1) is 0 Å². The number of carbonyl (C=O) groups excluding carboxylic acids is 1.